The van der Waals surface area contributed by atoms with Gasteiger partial charge in [-0.1, -0.05) is 11.2 Å². The minimum atomic E-state index is 0.0129. The van der Waals surface area contributed by atoms with E-state index in [4.69, 9.17) is 4.52 Å². The van der Waals surface area contributed by atoms with E-state index in [9.17, 15) is 4.79 Å². The van der Waals surface area contributed by atoms with Crippen molar-refractivity contribution < 1.29 is 9.32 Å². The Kier molecular flexibility index (Phi) is 1.65. The molecule has 0 unspecified atom stereocenters. The first-order valence-corrected chi connectivity index (χ1v) is 4.06. The lowest BCUT2D eigenvalue weighted by Gasteiger charge is -1.94. The van der Waals surface area contributed by atoms with Crippen LogP contribution in [0.15, 0.2) is 22.7 Å². The van der Waals surface area contributed by atoms with Crippen LogP contribution in [0.4, 0.5) is 0 Å². The molecule has 0 saturated carbocycles. The summed E-state index contributed by atoms with van der Waals surface area (Å²) >= 11 is 0. The van der Waals surface area contributed by atoms with Gasteiger partial charge in [-0.25, -0.2) is 0 Å². The number of hydrogen-bond acceptors (Lipinski definition) is 3. The lowest BCUT2D eigenvalue weighted by atomic mass is 10.1. The lowest BCUT2D eigenvalue weighted by Crippen LogP contribution is -1.92. The zero-order valence-electron chi connectivity index (χ0n) is 7.50. The van der Waals surface area contributed by atoms with Crippen LogP contribution in [-0.4, -0.2) is 10.9 Å². The zero-order chi connectivity index (χ0) is 9.42. The summed E-state index contributed by atoms with van der Waals surface area (Å²) in [6.07, 6.45) is 0. The summed E-state index contributed by atoms with van der Waals surface area (Å²) in [5.41, 5.74) is 1.28. The molecule has 3 heteroatoms. The molecule has 0 aliphatic heterocycles. The van der Waals surface area contributed by atoms with Crippen molar-refractivity contribution in [2.45, 2.75) is 13.8 Å². The topological polar surface area (TPSA) is 43.1 Å². The molecule has 2 rings (SSSR count). The number of aromatic nitrogens is 1. The predicted molar refractivity (Wildman–Crippen MR) is 48.8 cm³/mol. The first-order valence-electron chi connectivity index (χ1n) is 4.06. The van der Waals surface area contributed by atoms with Crippen molar-refractivity contribution in [1.29, 1.82) is 0 Å². The average molecular weight is 175 g/mol. The smallest absolute Gasteiger partial charge is 0.162 e. The van der Waals surface area contributed by atoms with Gasteiger partial charge < -0.3 is 4.52 Å². The molecule has 0 spiro atoms. The number of ketones is 1. The largest absolute Gasteiger partial charge is 0.360 e. The molecule has 0 saturated heterocycles. The maximum Gasteiger partial charge on any atom is 0.162 e. The monoisotopic (exact) mass is 175 g/mol. The van der Waals surface area contributed by atoms with E-state index in [1.54, 1.807) is 6.07 Å². The van der Waals surface area contributed by atoms with Gasteiger partial charge in [-0.15, -0.1) is 0 Å². The van der Waals surface area contributed by atoms with Gasteiger partial charge in [0, 0.05) is 10.9 Å². The minimum Gasteiger partial charge on any atom is -0.360 e. The maximum atomic E-state index is 11.2. The van der Waals surface area contributed by atoms with E-state index in [1.165, 1.54) is 6.92 Å². The van der Waals surface area contributed by atoms with Crippen molar-refractivity contribution in [3.8, 4) is 0 Å². The molecule has 0 fully saturated rings. The second-order valence-corrected chi connectivity index (χ2v) is 3.00. The third-order valence-corrected chi connectivity index (χ3v) is 2.07. The van der Waals surface area contributed by atoms with Gasteiger partial charge in [-0.3, -0.25) is 4.79 Å². The second kappa shape index (κ2) is 2.69. The maximum absolute atomic E-state index is 11.2. The first-order chi connectivity index (χ1) is 6.20. The van der Waals surface area contributed by atoms with Crippen LogP contribution in [0.25, 0.3) is 10.9 Å². The van der Waals surface area contributed by atoms with E-state index >= 15 is 0 Å². The van der Waals surface area contributed by atoms with Crippen LogP contribution in [-0.2, 0) is 0 Å². The first kappa shape index (κ1) is 7.98. The molecule has 0 N–H and O–H groups in total. The van der Waals surface area contributed by atoms with Crippen LogP contribution in [0.1, 0.15) is 23.0 Å². The summed E-state index contributed by atoms with van der Waals surface area (Å²) in [6.45, 7) is 3.36. The summed E-state index contributed by atoms with van der Waals surface area (Å²) in [5, 5.41) is 4.75. The van der Waals surface area contributed by atoms with E-state index in [1.807, 2.05) is 19.1 Å². The van der Waals surface area contributed by atoms with Gasteiger partial charge in [0.05, 0.1) is 0 Å². The summed E-state index contributed by atoms with van der Waals surface area (Å²) in [5.74, 6) is 0.761. The highest BCUT2D eigenvalue weighted by Crippen LogP contribution is 2.20. The van der Waals surface area contributed by atoms with Gasteiger partial charge in [0.2, 0.25) is 0 Å². The van der Waals surface area contributed by atoms with Gasteiger partial charge in [0.25, 0.3) is 0 Å². The van der Waals surface area contributed by atoms with Crippen LogP contribution in [0, 0.1) is 6.92 Å². The molecule has 0 aliphatic rings. The van der Waals surface area contributed by atoms with Crippen molar-refractivity contribution >= 4 is 16.7 Å². The van der Waals surface area contributed by atoms with Gasteiger partial charge in [0.1, 0.15) is 11.3 Å². The molecule has 0 radical (unpaired) electrons. The van der Waals surface area contributed by atoms with Crippen molar-refractivity contribution in [2.75, 3.05) is 0 Å². The van der Waals surface area contributed by atoms with Crippen LogP contribution in [0.3, 0.4) is 0 Å². The van der Waals surface area contributed by atoms with Crippen LogP contribution < -0.4 is 0 Å². The van der Waals surface area contributed by atoms with Crippen LogP contribution in [0.5, 0.6) is 0 Å². The highest BCUT2D eigenvalue weighted by molar-refractivity contribution is 6.05. The Bertz CT molecular complexity index is 471. The highest BCUT2D eigenvalue weighted by atomic mass is 16.5. The highest BCUT2D eigenvalue weighted by Gasteiger charge is 2.10. The number of fused-ring (bicyclic) bond motifs is 1. The zero-order valence-corrected chi connectivity index (χ0v) is 7.50. The fourth-order valence-electron chi connectivity index (χ4n) is 1.37. The van der Waals surface area contributed by atoms with Gasteiger partial charge in [0.15, 0.2) is 5.78 Å². The molecule has 3 nitrogen and oxygen atoms in total. The third-order valence-electron chi connectivity index (χ3n) is 2.07. The van der Waals surface area contributed by atoms with Crippen LogP contribution in [0.2, 0.25) is 0 Å². The van der Waals surface area contributed by atoms with Crippen molar-refractivity contribution in [3.05, 3.63) is 29.5 Å². The normalized spacial score (nSPS) is 10.6. The van der Waals surface area contributed by atoms with E-state index in [0.717, 1.165) is 11.1 Å². The summed E-state index contributed by atoms with van der Waals surface area (Å²) < 4.78 is 5.00. The fourth-order valence-corrected chi connectivity index (χ4v) is 1.37. The molecular weight excluding hydrogens is 166 g/mol. The number of rotatable bonds is 1. The molecule has 1 aromatic heterocycles. The SMILES string of the molecule is CC(=O)c1cccc2c(C)onc12. The Morgan fingerprint density at radius 2 is 2.23 bits per heavy atom. The van der Waals surface area contributed by atoms with E-state index in [0.29, 0.717) is 11.1 Å². The Morgan fingerprint density at radius 1 is 1.46 bits per heavy atom. The Hall–Kier alpha value is -1.64. The molecule has 0 aliphatic carbocycles. The standard InChI is InChI=1S/C10H9NO2/c1-6(12)8-4-3-5-9-7(2)13-11-10(8)9/h3-5H,1-2H3. The molecule has 0 bridgehead atoms. The second-order valence-electron chi connectivity index (χ2n) is 3.00. The van der Waals surface area contributed by atoms with Crippen LogP contribution >= 0.6 is 0 Å². The molecule has 13 heavy (non-hydrogen) atoms. The molecule has 0 atom stereocenters. The van der Waals surface area contributed by atoms with Crippen molar-refractivity contribution in [3.63, 3.8) is 0 Å². The summed E-state index contributed by atoms with van der Waals surface area (Å²) in [4.78, 5) is 11.2. The number of nitrogens with zero attached hydrogens (tertiary/aromatic N) is 1. The Morgan fingerprint density at radius 3 is 2.92 bits per heavy atom. The van der Waals surface area contributed by atoms with E-state index in [-0.39, 0.29) is 5.78 Å². The predicted octanol–water partition coefficient (Wildman–Crippen LogP) is 2.34. The number of carbonyl (C=O) groups excluding carboxylic acids is 1. The molecule has 2 aromatic rings. The molecule has 1 aromatic carbocycles. The average Bonchev–Trinajstić information content (AvgIpc) is 2.48. The van der Waals surface area contributed by atoms with E-state index < -0.39 is 0 Å². The number of Topliss-reactive ketones (excluding diaryl/α,β-unsaturated/α-hetero) is 1. The van der Waals surface area contributed by atoms with Gasteiger partial charge in [-0.2, -0.15) is 0 Å². The molecule has 0 amide bonds. The number of aryl methyl sites for hydroxylation is 1. The molecule has 1 heterocycles. The van der Waals surface area contributed by atoms with Crippen molar-refractivity contribution in [1.82, 2.24) is 5.16 Å². The number of benzene rings is 1. The summed E-state index contributed by atoms with van der Waals surface area (Å²) in [7, 11) is 0. The Labute approximate surface area is 75.3 Å². The quantitative estimate of drug-likeness (QED) is 0.625. The Balaban J connectivity index is 2.84. The van der Waals surface area contributed by atoms with E-state index in [2.05, 4.69) is 5.16 Å². The number of carbonyl (C=O) groups is 1. The third kappa shape index (κ3) is 1.13. The summed E-state index contributed by atoms with van der Waals surface area (Å²) in [6, 6.07) is 5.49. The lowest BCUT2D eigenvalue weighted by molar-refractivity contribution is 0.101. The number of hydrogen-bond donors (Lipinski definition) is 0. The minimum absolute atomic E-state index is 0.0129. The van der Waals surface area contributed by atoms with Crippen molar-refractivity contribution in [2.24, 2.45) is 0 Å². The fraction of sp³-hybridized carbons (Fsp3) is 0.200. The van der Waals surface area contributed by atoms with Gasteiger partial charge in [-0.05, 0) is 26.0 Å². The van der Waals surface area contributed by atoms with Gasteiger partial charge >= 0.3 is 0 Å². The molecule has 66 valence electrons. The molecular formula is C10H9NO2.